The normalized spacial score (nSPS) is 13.3. The summed E-state index contributed by atoms with van der Waals surface area (Å²) < 4.78 is 17.2. The van der Waals surface area contributed by atoms with Crippen LogP contribution in [-0.2, 0) is 28.6 Å². The second-order valence-electron chi connectivity index (χ2n) is 19.4. The van der Waals surface area contributed by atoms with Crippen molar-refractivity contribution in [3.8, 4) is 0 Å². The van der Waals surface area contributed by atoms with E-state index in [2.05, 4.69) is 74.6 Å². The Balaban J connectivity index is 4.23. The van der Waals surface area contributed by atoms with Crippen LogP contribution in [0, 0.1) is 0 Å². The first-order valence-corrected chi connectivity index (χ1v) is 27.3. The molecule has 8 heteroatoms. The van der Waals surface area contributed by atoms with E-state index in [4.69, 9.17) is 14.2 Å². The third-order valence-corrected chi connectivity index (χ3v) is 12.2. The smallest absolute Gasteiger partial charge is 0.306 e. The summed E-state index contributed by atoms with van der Waals surface area (Å²) in [6.45, 7) is 4.55. The molecule has 0 fully saturated rings. The fraction of sp³-hybridized carbons (Fsp3) is 0.776. The maximum Gasteiger partial charge on any atom is 0.306 e. The Morgan fingerprint density at radius 3 is 1.26 bits per heavy atom. The summed E-state index contributed by atoms with van der Waals surface area (Å²) >= 11 is 0. The van der Waals surface area contributed by atoms with E-state index in [0.717, 1.165) is 77.0 Å². The molecule has 0 aromatic rings. The molecule has 0 aliphatic carbocycles. The Morgan fingerprint density at radius 1 is 0.470 bits per heavy atom. The van der Waals surface area contributed by atoms with Crippen molar-refractivity contribution >= 4 is 17.9 Å². The van der Waals surface area contributed by atoms with Gasteiger partial charge in [-0.25, -0.2) is 0 Å². The number of carboxylic acid groups (broad SMARTS) is 1. The number of nitrogens with zero attached hydrogens (tertiary/aromatic N) is 1. The zero-order chi connectivity index (χ0) is 48.4. The van der Waals surface area contributed by atoms with Crippen molar-refractivity contribution in [3.05, 3.63) is 60.8 Å². The predicted molar refractivity (Wildman–Crippen MR) is 277 cm³/mol. The molecule has 0 aromatic carbocycles. The van der Waals surface area contributed by atoms with E-state index in [-0.39, 0.29) is 42.7 Å². The monoisotopic (exact) mass is 926 g/mol. The van der Waals surface area contributed by atoms with E-state index in [0.29, 0.717) is 12.8 Å². The summed E-state index contributed by atoms with van der Waals surface area (Å²) in [7, 11) is 5.41. The van der Waals surface area contributed by atoms with Crippen molar-refractivity contribution in [2.24, 2.45) is 0 Å². The van der Waals surface area contributed by atoms with Crippen molar-refractivity contribution in [1.82, 2.24) is 0 Å². The second-order valence-corrected chi connectivity index (χ2v) is 19.4. The highest BCUT2D eigenvalue weighted by molar-refractivity contribution is 5.70. The van der Waals surface area contributed by atoms with Gasteiger partial charge in [0.25, 0.3) is 0 Å². The first-order valence-electron chi connectivity index (χ1n) is 27.3. The van der Waals surface area contributed by atoms with Crippen LogP contribution in [0.5, 0.6) is 0 Å². The summed E-state index contributed by atoms with van der Waals surface area (Å²) in [6.07, 6.45) is 61.2. The standard InChI is InChI=1S/C58H103NO7/c1-6-8-10-12-14-16-18-20-22-24-26-27-28-29-31-33-35-37-39-41-43-45-47-49-57(61)66-54(52-64-51-50-55(58(62)63)59(3,4)5)53-65-56(60)48-46-44-42-40-38-36-34-32-30-25-23-21-19-17-15-13-11-9-7-2/h9,11,15,17,21,23,30,32,36,38,54-55H,6-8,10,12-14,16,18-20,22,24-29,31,33-35,37,39-53H2,1-5H3/b11-9+,17-15+,23-21+,32-30+,38-36+. The minimum atomic E-state index is -1.13. The van der Waals surface area contributed by atoms with Crippen LogP contribution < -0.4 is 5.11 Å². The molecule has 0 aromatic heterocycles. The van der Waals surface area contributed by atoms with Crippen molar-refractivity contribution in [1.29, 1.82) is 0 Å². The summed E-state index contributed by atoms with van der Waals surface area (Å²) in [4.78, 5) is 37.1. The fourth-order valence-electron chi connectivity index (χ4n) is 7.98. The quantitative estimate of drug-likeness (QED) is 0.0259. The summed E-state index contributed by atoms with van der Waals surface area (Å²) in [6, 6.07) is -0.733. The van der Waals surface area contributed by atoms with Gasteiger partial charge in [-0.15, -0.1) is 0 Å². The highest BCUT2D eigenvalue weighted by Crippen LogP contribution is 2.17. The maximum absolute atomic E-state index is 12.8. The van der Waals surface area contributed by atoms with Crippen LogP contribution in [-0.4, -0.2) is 75.5 Å². The molecule has 0 saturated carbocycles. The molecule has 0 aliphatic heterocycles. The number of esters is 2. The van der Waals surface area contributed by atoms with Gasteiger partial charge in [0.2, 0.25) is 0 Å². The molecule has 8 nitrogen and oxygen atoms in total. The number of quaternary nitrogens is 1. The van der Waals surface area contributed by atoms with E-state index in [1.807, 2.05) is 0 Å². The first-order chi connectivity index (χ1) is 32.1. The van der Waals surface area contributed by atoms with Crippen LogP contribution in [0.2, 0.25) is 0 Å². The number of allylic oxidation sites excluding steroid dienone is 10. The van der Waals surface area contributed by atoms with Crippen molar-refractivity contribution < 1.29 is 38.2 Å². The van der Waals surface area contributed by atoms with Gasteiger partial charge in [-0.05, 0) is 57.8 Å². The number of aliphatic carboxylic acids is 1. The second kappa shape index (κ2) is 48.5. The lowest BCUT2D eigenvalue weighted by Crippen LogP contribution is -2.55. The molecule has 0 amide bonds. The first kappa shape index (κ1) is 63.0. The van der Waals surface area contributed by atoms with E-state index in [1.54, 1.807) is 21.1 Å². The summed E-state index contributed by atoms with van der Waals surface area (Å²) in [5.74, 6) is -1.77. The minimum Gasteiger partial charge on any atom is -0.544 e. The Morgan fingerprint density at radius 2 is 0.848 bits per heavy atom. The fourth-order valence-corrected chi connectivity index (χ4v) is 7.98. The number of ether oxygens (including phenoxy) is 3. The highest BCUT2D eigenvalue weighted by Gasteiger charge is 2.25. The van der Waals surface area contributed by atoms with Gasteiger partial charge in [0.1, 0.15) is 12.6 Å². The molecule has 66 heavy (non-hydrogen) atoms. The molecule has 0 spiro atoms. The Kier molecular flexibility index (Phi) is 46.3. The van der Waals surface area contributed by atoms with E-state index in [9.17, 15) is 19.5 Å². The third-order valence-electron chi connectivity index (χ3n) is 12.2. The van der Waals surface area contributed by atoms with Crippen molar-refractivity contribution in [2.75, 3.05) is 41.0 Å². The number of unbranched alkanes of at least 4 members (excludes halogenated alkanes) is 25. The summed E-state index contributed by atoms with van der Waals surface area (Å²) in [5.41, 5.74) is 0. The number of hydrogen-bond acceptors (Lipinski definition) is 7. The van der Waals surface area contributed by atoms with Gasteiger partial charge >= 0.3 is 11.9 Å². The molecule has 0 bridgehead atoms. The van der Waals surface area contributed by atoms with Crippen LogP contribution in [0.4, 0.5) is 0 Å². The zero-order valence-electron chi connectivity index (χ0n) is 43.6. The average Bonchev–Trinajstić information content (AvgIpc) is 3.28. The molecule has 0 saturated heterocycles. The number of carbonyl (C=O) groups is 3. The molecule has 0 radical (unpaired) electrons. The SMILES string of the molecule is CC/C=C/C/C=C/C/C=C/C/C=C/C/C=C/CCCCCC(=O)OCC(COCCC(C(=O)[O-])[N+](C)(C)C)OC(=O)CCCCCCCCCCCCCCCCCCCCCCCCC. The van der Waals surface area contributed by atoms with E-state index >= 15 is 0 Å². The molecule has 2 atom stereocenters. The highest BCUT2D eigenvalue weighted by atomic mass is 16.6. The molecular formula is C58H103NO7. The molecule has 0 heterocycles. The topological polar surface area (TPSA) is 102 Å². The number of carboxylic acids is 1. The molecule has 0 aliphatic rings. The van der Waals surface area contributed by atoms with E-state index < -0.39 is 18.1 Å². The molecule has 2 unspecified atom stereocenters. The van der Waals surface area contributed by atoms with Crippen molar-refractivity contribution in [3.63, 3.8) is 0 Å². The van der Waals surface area contributed by atoms with Crippen LogP contribution in [0.15, 0.2) is 60.8 Å². The third kappa shape index (κ3) is 46.2. The van der Waals surface area contributed by atoms with Gasteiger partial charge in [0, 0.05) is 19.3 Å². The molecule has 0 N–H and O–H groups in total. The van der Waals surface area contributed by atoms with Crippen LogP contribution in [0.1, 0.15) is 239 Å². The number of rotatable bonds is 49. The Bertz CT molecular complexity index is 1260. The van der Waals surface area contributed by atoms with Gasteiger partial charge in [-0.3, -0.25) is 9.59 Å². The lowest BCUT2D eigenvalue weighted by atomic mass is 10.0. The van der Waals surface area contributed by atoms with Gasteiger partial charge in [-0.1, -0.05) is 222 Å². The van der Waals surface area contributed by atoms with Crippen LogP contribution >= 0.6 is 0 Å². The maximum atomic E-state index is 12.8. The van der Waals surface area contributed by atoms with Gasteiger partial charge in [0.15, 0.2) is 6.10 Å². The molecule has 382 valence electrons. The number of carbonyl (C=O) groups excluding carboxylic acids is 3. The lowest BCUT2D eigenvalue weighted by Gasteiger charge is -2.34. The van der Waals surface area contributed by atoms with Gasteiger partial charge in [-0.2, -0.15) is 0 Å². The number of hydrogen-bond donors (Lipinski definition) is 0. The van der Waals surface area contributed by atoms with Gasteiger partial charge in [0.05, 0.1) is 40.3 Å². The summed E-state index contributed by atoms with van der Waals surface area (Å²) in [5, 5.41) is 11.7. The Hall–Kier alpha value is -2.97. The molecular weight excluding hydrogens is 823 g/mol. The predicted octanol–water partition coefficient (Wildman–Crippen LogP) is 14.8. The van der Waals surface area contributed by atoms with E-state index in [1.165, 1.54) is 128 Å². The Labute approximate surface area is 407 Å². The largest absolute Gasteiger partial charge is 0.544 e. The zero-order valence-corrected chi connectivity index (χ0v) is 43.6. The number of likely N-dealkylation sites (N-methyl/N-ethyl adjacent to an activating group) is 1. The lowest BCUT2D eigenvalue weighted by molar-refractivity contribution is -0.889. The average molecular weight is 926 g/mol. The van der Waals surface area contributed by atoms with Crippen molar-refractivity contribution in [2.45, 2.75) is 251 Å². The van der Waals surface area contributed by atoms with Crippen LogP contribution in [0.25, 0.3) is 0 Å². The minimum absolute atomic E-state index is 0.0303. The van der Waals surface area contributed by atoms with Gasteiger partial charge < -0.3 is 28.6 Å². The van der Waals surface area contributed by atoms with Crippen LogP contribution in [0.3, 0.4) is 0 Å². The molecule has 0 rings (SSSR count).